The Balaban J connectivity index is 0.00000387. The summed E-state index contributed by atoms with van der Waals surface area (Å²) in [6.07, 6.45) is 17.6. The van der Waals surface area contributed by atoms with Gasteiger partial charge in [0.25, 0.3) is 0 Å². The minimum atomic E-state index is 0. The van der Waals surface area contributed by atoms with Gasteiger partial charge in [-0.1, -0.05) is 77.8 Å². The van der Waals surface area contributed by atoms with Crippen LogP contribution in [-0.2, 0) is 12.8 Å². The van der Waals surface area contributed by atoms with Crippen LogP contribution in [-0.4, -0.2) is 10.2 Å². The molecule has 6 rings (SSSR count). The first-order valence-corrected chi connectivity index (χ1v) is 14.7. The van der Waals surface area contributed by atoms with Crippen LogP contribution in [0.5, 0.6) is 0 Å². The van der Waals surface area contributed by atoms with Crippen molar-refractivity contribution in [3.8, 4) is 0 Å². The maximum absolute atomic E-state index is 4.74. The first kappa shape index (κ1) is 31.7. The third kappa shape index (κ3) is 7.21. The number of aromatic nitrogens is 2. The van der Waals surface area contributed by atoms with Gasteiger partial charge in [-0.3, -0.25) is 12.0 Å². The van der Waals surface area contributed by atoms with E-state index in [4.69, 9.17) is 5.10 Å². The quantitative estimate of drug-likeness (QED) is 0.158. The molecule has 0 saturated heterocycles. The van der Waals surface area contributed by atoms with Crippen molar-refractivity contribution in [2.24, 2.45) is 5.92 Å². The molecule has 0 spiro atoms. The van der Waals surface area contributed by atoms with Crippen LogP contribution >= 0.6 is 0 Å². The number of fused-ring (bicyclic) bond motifs is 2. The van der Waals surface area contributed by atoms with Crippen molar-refractivity contribution in [3.05, 3.63) is 137 Å². The van der Waals surface area contributed by atoms with E-state index < -0.39 is 0 Å². The molecule has 0 radical (unpaired) electrons. The largest absolute Gasteiger partial charge is 1.00 e. The number of H-pyrrole nitrogens is 1. The van der Waals surface area contributed by atoms with Gasteiger partial charge in [-0.2, -0.15) is 5.10 Å². The van der Waals surface area contributed by atoms with E-state index in [1.54, 1.807) is 11.6 Å². The van der Waals surface area contributed by atoms with Crippen molar-refractivity contribution in [1.82, 2.24) is 10.2 Å². The average molecular weight is 566 g/mol. The van der Waals surface area contributed by atoms with Crippen molar-refractivity contribution in [3.63, 3.8) is 0 Å². The fraction of sp³-hybridized carbons (Fsp3) is 0.289. The van der Waals surface area contributed by atoms with Gasteiger partial charge in [0, 0.05) is 11.1 Å². The average Bonchev–Trinajstić information content (AvgIpc) is 3.36. The number of aromatic amines is 1. The molecule has 1 aromatic heterocycles. The molecule has 2 nitrogen and oxygen atoms in total. The number of nitrogens with one attached hydrogen (secondary N) is 1. The monoisotopic (exact) mass is 565 g/mol. The van der Waals surface area contributed by atoms with Crippen molar-refractivity contribution in [1.29, 1.82) is 0 Å². The Labute approximate surface area is 289 Å². The molecule has 41 heavy (non-hydrogen) atoms. The van der Waals surface area contributed by atoms with E-state index in [0.717, 1.165) is 42.3 Å². The van der Waals surface area contributed by atoms with Crippen LogP contribution in [0.25, 0.3) is 22.0 Å². The Morgan fingerprint density at radius 3 is 2.49 bits per heavy atom. The summed E-state index contributed by atoms with van der Waals surface area (Å²) < 4.78 is 0. The first-order chi connectivity index (χ1) is 19.4. The molecule has 2 bridgehead atoms. The standard InChI is InChI=1S/C38H42N2.K/c1-7-26(5)30-17-15-28(16-18-30)12-10-14-36-34-20-19-31(24-37(34)40-39-36)35-23-29-21-32(22-29)38(35)33(27(6)8-2)13-9-11-25(3)4;/h7,9,11,13,15-20,23-24,29H,1,5,8,10,12,14,21-22H2,2-4,6H3,(H,39,40);/q-2;+1/b13-9-,26-7+,33-27+;. The molecule has 206 valence electrons. The summed E-state index contributed by atoms with van der Waals surface area (Å²) in [5.41, 5.74) is 15.6. The van der Waals surface area contributed by atoms with E-state index in [1.165, 1.54) is 62.9 Å². The van der Waals surface area contributed by atoms with Gasteiger partial charge in [-0.15, -0.1) is 12.1 Å². The number of nitrogens with zero attached hydrogens (tertiary/aromatic N) is 1. The predicted octanol–water partition coefficient (Wildman–Crippen LogP) is 7.15. The molecule has 0 unspecified atom stereocenters. The van der Waals surface area contributed by atoms with Gasteiger partial charge >= 0.3 is 51.4 Å². The molecule has 0 amide bonds. The maximum Gasteiger partial charge on any atom is 1.00 e. The summed E-state index contributed by atoms with van der Waals surface area (Å²) in [4.78, 5) is 0. The van der Waals surface area contributed by atoms with Gasteiger partial charge in [0.2, 0.25) is 0 Å². The van der Waals surface area contributed by atoms with Crippen LogP contribution in [0.1, 0.15) is 75.8 Å². The Kier molecular flexibility index (Phi) is 11.0. The minimum Gasteiger partial charge on any atom is -0.341 e. The second-order valence-corrected chi connectivity index (χ2v) is 11.6. The minimum absolute atomic E-state index is 0. The summed E-state index contributed by atoms with van der Waals surface area (Å²) in [7, 11) is 0. The van der Waals surface area contributed by atoms with E-state index in [0.29, 0.717) is 5.92 Å². The Bertz CT molecular complexity index is 1570. The molecule has 3 aromatic rings. The predicted molar refractivity (Wildman–Crippen MR) is 173 cm³/mol. The van der Waals surface area contributed by atoms with Crippen LogP contribution in [0.3, 0.4) is 0 Å². The third-order valence-electron chi connectivity index (χ3n) is 8.40. The molecule has 3 heteroatoms. The van der Waals surface area contributed by atoms with E-state index >= 15 is 0 Å². The van der Waals surface area contributed by atoms with Gasteiger partial charge in [-0.25, -0.2) is 5.56 Å². The van der Waals surface area contributed by atoms with Crippen LogP contribution in [0.15, 0.2) is 101 Å². The Hall–Kier alpha value is -2.27. The summed E-state index contributed by atoms with van der Waals surface area (Å²) in [5, 5.41) is 9.32. The zero-order valence-corrected chi connectivity index (χ0v) is 28.7. The fourth-order valence-electron chi connectivity index (χ4n) is 5.84. The number of hydrogen-bond acceptors (Lipinski definition) is 1. The van der Waals surface area contributed by atoms with Gasteiger partial charge in [0.05, 0.1) is 5.52 Å². The normalized spacial score (nSPS) is 15.9. The summed E-state index contributed by atoms with van der Waals surface area (Å²) in [6.45, 7) is 16.7. The number of benzene rings is 2. The smallest absolute Gasteiger partial charge is 0.341 e. The Morgan fingerprint density at radius 1 is 1.05 bits per heavy atom. The van der Waals surface area contributed by atoms with Crippen molar-refractivity contribution >= 4 is 22.0 Å². The molecule has 0 atom stereocenters. The Morgan fingerprint density at radius 2 is 1.80 bits per heavy atom. The zero-order chi connectivity index (χ0) is 28.2. The van der Waals surface area contributed by atoms with Crippen LogP contribution < -0.4 is 51.4 Å². The number of allylic oxidation sites excluding steroid dienone is 12. The van der Waals surface area contributed by atoms with E-state index in [-0.39, 0.29) is 51.4 Å². The maximum atomic E-state index is 4.74. The molecule has 1 heterocycles. The van der Waals surface area contributed by atoms with Crippen LogP contribution in [0.2, 0.25) is 0 Å². The van der Waals surface area contributed by atoms with Crippen molar-refractivity contribution in [2.45, 2.75) is 66.2 Å². The van der Waals surface area contributed by atoms with Crippen LogP contribution in [0, 0.1) is 19.8 Å². The molecule has 1 fully saturated rings. The zero-order valence-electron chi connectivity index (χ0n) is 25.6. The van der Waals surface area contributed by atoms with E-state index in [2.05, 4.69) is 113 Å². The third-order valence-corrected chi connectivity index (χ3v) is 8.40. The number of hydrogen-bond donors (Lipinski definition) is 1. The van der Waals surface area contributed by atoms with E-state index in [9.17, 15) is 0 Å². The topological polar surface area (TPSA) is 28.7 Å². The van der Waals surface area contributed by atoms with Crippen molar-refractivity contribution < 1.29 is 51.4 Å². The number of rotatable bonds is 10. The molecule has 3 aliphatic carbocycles. The molecular weight excluding hydrogens is 524 g/mol. The SMILES string of the molecule is [CH2-]/C=C(\[CH2-])c1ccc(CCCc2[nH]nc3cc(C4=CC5CC(=C4C(/C=C\C=C(C)C)=C(\C)CC)C5)ccc23)cc1.[K+]. The molecular formula is C38H42KN2-. The molecule has 3 aliphatic rings. The second-order valence-electron chi connectivity index (χ2n) is 11.6. The van der Waals surface area contributed by atoms with Gasteiger partial charge < -0.3 is 18.6 Å². The number of aryl methyl sites for hydroxylation is 2. The molecule has 2 aromatic carbocycles. The molecule has 0 aliphatic heterocycles. The van der Waals surface area contributed by atoms with Crippen molar-refractivity contribution in [2.75, 3.05) is 0 Å². The van der Waals surface area contributed by atoms with Gasteiger partial charge in [-0.05, 0) is 93.6 Å². The second kappa shape index (κ2) is 14.3. The summed E-state index contributed by atoms with van der Waals surface area (Å²) in [5.74, 6) is 0.674. The fourth-order valence-corrected chi connectivity index (χ4v) is 5.84. The summed E-state index contributed by atoms with van der Waals surface area (Å²) in [6, 6.07) is 15.6. The van der Waals surface area contributed by atoms with Gasteiger partial charge in [0.1, 0.15) is 0 Å². The molecule has 1 N–H and O–H groups in total. The molecule has 1 saturated carbocycles. The van der Waals surface area contributed by atoms with Gasteiger partial charge in [0.15, 0.2) is 0 Å². The first-order valence-electron chi connectivity index (χ1n) is 14.7. The van der Waals surface area contributed by atoms with E-state index in [1.807, 2.05) is 0 Å². The summed E-state index contributed by atoms with van der Waals surface area (Å²) >= 11 is 0. The van der Waals surface area contributed by atoms with Crippen LogP contribution in [0.4, 0.5) is 0 Å².